The summed E-state index contributed by atoms with van der Waals surface area (Å²) in [4.78, 5) is 0. The quantitative estimate of drug-likeness (QED) is 0.393. The molecule has 0 heterocycles. The molecule has 3 rings (SSSR count). The molecule has 0 aliphatic carbocycles. The first kappa shape index (κ1) is 18.5. The van der Waals surface area contributed by atoms with Crippen LogP contribution >= 0.6 is 0 Å². The first-order chi connectivity index (χ1) is 12.8. The number of rotatable bonds is 8. The topological polar surface area (TPSA) is 0 Å². The van der Waals surface area contributed by atoms with E-state index >= 15 is 0 Å². The molecule has 3 aromatic rings. The van der Waals surface area contributed by atoms with Crippen LogP contribution in [0.5, 0.6) is 0 Å². The van der Waals surface area contributed by atoms with Crippen molar-refractivity contribution < 1.29 is 0 Å². The van der Waals surface area contributed by atoms with Crippen molar-refractivity contribution in [3.8, 4) is 22.3 Å². The van der Waals surface area contributed by atoms with Gasteiger partial charge < -0.3 is 0 Å². The Hall–Kier alpha value is -2.34. The average molecular weight is 343 g/mol. The molecular weight excluding hydrogens is 312 g/mol. The predicted octanol–water partition coefficient (Wildman–Crippen LogP) is 7.71. The van der Waals surface area contributed by atoms with Crippen LogP contribution in [-0.2, 0) is 12.8 Å². The second-order valence-electron chi connectivity index (χ2n) is 7.07. The molecule has 0 aromatic heterocycles. The van der Waals surface area contributed by atoms with Gasteiger partial charge in [0.25, 0.3) is 0 Å². The van der Waals surface area contributed by atoms with Crippen LogP contribution in [0.2, 0.25) is 0 Å². The molecule has 0 N–H and O–H groups in total. The van der Waals surface area contributed by atoms with E-state index in [4.69, 9.17) is 0 Å². The maximum atomic E-state index is 2.34. The molecule has 0 unspecified atom stereocenters. The smallest absolute Gasteiger partial charge is 0.00999 e. The zero-order valence-corrected chi connectivity index (χ0v) is 16.2. The Morgan fingerprint density at radius 2 is 1.08 bits per heavy atom. The van der Waals surface area contributed by atoms with Gasteiger partial charge >= 0.3 is 0 Å². The first-order valence-electron chi connectivity index (χ1n) is 10.1. The van der Waals surface area contributed by atoms with Gasteiger partial charge in [0.1, 0.15) is 0 Å². The zero-order chi connectivity index (χ0) is 18.2. The molecule has 0 spiro atoms. The lowest BCUT2D eigenvalue weighted by molar-refractivity contribution is 0.782. The van der Waals surface area contributed by atoms with Gasteiger partial charge in [0.2, 0.25) is 0 Å². The van der Waals surface area contributed by atoms with Crippen LogP contribution < -0.4 is 0 Å². The van der Waals surface area contributed by atoms with Crippen LogP contribution in [0.3, 0.4) is 0 Å². The number of benzene rings is 3. The van der Waals surface area contributed by atoms with E-state index < -0.39 is 0 Å². The number of unbranched alkanes of at least 4 members (excludes halogenated alkanes) is 2. The lowest BCUT2D eigenvalue weighted by Gasteiger charge is -2.18. The SMILES string of the molecule is CCCCc1cccc(CCCC)c1-c1ccccc1-c1ccccc1. The summed E-state index contributed by atoms with van der Waals surface area (Å²) in [5, 5.41) is 0. The molecule has 0 amide bonds. The maximum absolute atomic E-state index is 2.34. The molecule has 3 aromatic carbocycles. The second-order valence-corrected chi connectivity index (χ2v) is 7.07. The lowest BCUT2D eigenvalue weighted by Crippen LogP contribution is -1.98. The van der Waals surface area contributed by atoms with Crippen molar-refractivity contribution in [2.75, 3.05) is 0 Å². The molecular formula is C26H30. The van der Waals surface area contributed by atoms with Gasteiger partial charge in [-0.25, -0.2) is 0 Å². The third kappa shape index (κ3) is 4.25. The monoisotopic (exact) mass is 342 g/mol. The standard InChI is InChI=1S/C26H30/c1-3-5-13-22-17-12-18-23(14-6-4-2)26(22)25-20-11-10-19-24(25)21-15-8-7-9-16-21/h7-12,15-20H,3-6,13-14H2,1-2H3. The molecule has 26 heavy (non-hydrogen) atoms. The summed E-state index contributed by atoms with van der Waals surface area (Å²) < 4.78 is 0. The molecule has 0 atom stereocenters. The fourth-order valence-corrected chi connectivity index (χ4v) is 3.72. The molecule has 0 saturated carbocycles. The minimum absolute atomic E-state index is 1.16. The lowest BCUT2D eigenvalue weighted by atomic mass is 9.86. The number of hydrogen-bond donors (Lipinski definition) is 0. The predicted molar refractivity (Wildman–Crippen MR) is 115 cm³/mol. The van der Waals surface area contributed by atoms with Crippen LogP contribution in [0.25, 0.3) is 22.3 Å². The van der Waals surface area contributed by atoms with E-state index in [1.165, 1.54) is 59.1 Å². The molecule has 0 nitrogen and oxygen atoms in total. The van der Waals surface area contributed by atoms with Gasteiger partial charge in [-0.3, -0.25) is 0 Å². The Bertz CT molecular complexity index is 788. The van der Waals surface area contributed by atoms with E-state index in [0.29, 0.717) is 0 Å². The number of aryl methyl sites for hydroxylation is 2. The summed E-state index contributed by atoms with van der Waals surface area (Å²) in [7, 11) is 0. The molecule has 0 aliphatic heterocycles. The normalized spacial score (nSPS) is 10.8. The Morgan fingerprint density at radius 3 is 1.65 bits per heavy atom. The molecule has 134 valence electrons. The highest BCUT2D eigenvalue weighted by Gasteiger charge is 2.14. The second kappa shape index (κ2) is 9.38. The van der Waals surface area contributed by atoms with E-state index in [-0.39, 0.29) is 0 Å². The van der Waals surface area contributed by atoms with Gasteiger partial charge in [-0.05, 0) is 59.1 Å². The summed E-state index contributed by atoms with van der Waals surface area (Å²) in [5.41, 5.74) is 8.52. The third-order valence-corrected chi connectivity index (χ3v) is 5.12. The highest BCUT2D eigenvalue weighted by molar-refractivity contribution is 5.86. The Balaban J connectivity index is 2.16. The Morgan fingerprint density at radius 1 is 0.538 bits per heavy atom. The molecule has 0 saturated heterocycles. The van der Waals surface area contributed by atoms with E-state index in [0.717, 1.165) is 12.8 Å². The van der Waals surface area contributed by atoms with Crippen LogP contribution in [0.4, 0.5) is 0 Å². The van der Waals surface area contributed by atoms with Crippen molar-refractivity contribution in [3.05, 3.63) is 83.9 Å². The van der Waals surface area contributed by atoms with E-state index in [9.17, 15) is 0 Å². The van der Waals surface area contributed by atoms with E-state index in [1.54, 1.807) is 0 Å². The van der Waals surface area contributed by atoms with Crippen LogP contribution in [0.15, 0.2) is 72.8 Å². The van der Waals surface area contributed by atoms with Crippen LogP contribution in [-0.4, -0.2) is 0 Å². The minimum Gasteiger partial charge on any atom is -0.0654 e. The van der Waals surface area contributed by atoms with Crippen molar-refractivity contribution >= 4 is 0 Å². The van der Waals surface area contributed by atoms with Crippen LogP contribution in [0, 0.1) is 0 Å². The van der Waals surface area contributed by atoms with Crippen molar-refractivity contribution in [2.24, 2.45) is 0 Å². The fourth-order valence-electron chi connectivity index (χ4n) is 3.72. The van der Waals surface area contributed by atoms with Crippen molar-refractivity contribution in [3.63, 3.8) is 0 Å². The Kier molecular flexibility index (Phi) is 6.66. The van der Waals surface area contributed by atoms with Crippen LogP contribution in [0.1, 0.15) is 50.7 Å². The fraction of sp³-hybridized carbons (Fsp3) is 0.308. The maximum Gasteiger partial charge on any atom is -0.00999 e. The summed E-state index contributed by atoms with van der Waals surface area (Å²) >= 11 is 0. The van der Waals surface area contributed by atoms with Gasteiger partial charge in [0.15, 0.2) is 0 Å². The van der Waals surface area contributed by atoms with E-state index in [1.807, 2.05) is 0 Å². The molecule has 0 heteroatoms. The van der Waals surface area contributed by atoms with E-state index in [2.05, 4.69) is 86.6 Å². The average Bonchev–Trinajstić information content (AvgIpc) is 2.71. The van der Waals surface area contributed by atoms with Gasteiger partial charge in [0, 0.05) is 0 Å². The minimum atomic E-state index is 1.16. The van der Waals surface area contributed by atoms with Gasteiger partial charge in [0.05, 0.1) is 0 Å². The van der Waals surface area contributed by atoms with Gasteiger partial charge in [-0.2, -0.15) is 0 Å². The molecule has 0 aliphatic rings. The first-order valence-corrected chi connectivity index (χ1v) is 10.1. The number of hydrogen-bond acceptors (Lipinski definition) is 0. The highest BCUT2D eigenvalue weighted by atomic mass is 14.2. The highest BCUT2D eigenvalue weighted by Crippen LogP contribution is 2.37. The molecule has 0 fully saturated rings. The van der Waals surface area contributed by atoms with Crippen molar-refractivity contribution in [1.29, 1.82) is 0 Å². The van der Waals surface area contributed by atoms with Gasteiger partial charge in [-0.1, -0.05) is 99.5 Å². The van der Waals surface area contributed by atoms with Crippen molar-refractivity contribution in [2.45, 2.75) is 52.4 Å². The molecule has 0 radical (unpaired) electrons. The largest absolute Gasteiger partial charge is 0.0654 e. The third-order valence-electron chi connectivity index (χ3n) is 5.12. The van der Waals surface area contributed by atoms with Crippen molar-refractivity contribution in [1.82, 2.24) is 0 Å². The molecule has 0 bridgehead atoms. The summed E-state index contributed by atoms with van der Waals surface area (Å²) in [5.74, 6) is 0. The summed E-state index contributed by atoms with van der Waals surface area (Å²) in [6.07, 6.45) is 7.29. The van der Waals surface area contributed by atoms with Gasteiger partial charge in [-0.15, -0.1) is 0 Å². The summed E-state index contributed by atoms with van der Waals surface area (Å²) in [6.45, 7) is 4.55. The Labute approximate surface area is 158 Å². The summed E-state index contributed by atoms with van der Waals surface area (Å²) in [6, 6.07) is 26.6. The zero-order valence-electron chi connectivity index (χ0n) is 16.2.